The van der Waals surface area contributed by atoms with Gasteiger partial charge in [0, 0.05) is 38.3 Å². The highest BCUT2D eigenvalue weighted by atomic mass is 15.1. The molecule has 2 unspecified atom stereocenters. The Balaban J connectivity index is 1.91. The third kappa shape index (κ3) is 1.31. The summed E-state index contributed by atoms with van der Waals surface area (Å²) < 4.78 is 0. The van der Waals surface area contributed by atoms with E-state index in [4.69, 9.17) is 0 Å². The van der Waals surface area contributed by atoms with Gasteiger partial charge in [-0.1, -0.05) is 0 Å². The van der Waals surface area contributed by atoms with Gasteiger partial charge in [-0.2, -0.15) is 0 Å². The van der Waals surface area contributed by atoms with E-state index in [0.717, 1.165) is 38.3 Å². The second kappa shape index (κ2) is 2.86. The summed E-state index contributed by atoms with van der Waals surface area (Å²) in [6, 6.07) is 1.46. The fourth-order valence-corrected chi connectivity index (χ4v) is 1.77. The quantitative estimate of drug-likeness (QED) is 0.401. The van der Waals surface area contributed by atoms with Gasteiger partial charge < -0.3 is 16.0 Å². The van der Waals surface area contributed by atoms with E-state index in [1.165, 1.54) is 6.42 Å². The van der Waals surface area contributed by atoms with Gasteiger partial charge in [-0.25, -0.2) is 0 Å². The number of hydrogen-bond donors (Lipinski definition) is 3. The molecule has 2 fully saturated rings. The Bertz CT molecular complexity index is 103. The molecule has 0 spiro atoms. The van der Waals surface area contributed by atoms with Crippen molar-refractivity contribution in [3.05, 3.63) is 0 Å². The van der Waals surface area contributed by atoms with E-state index in [0.29, 0.717) is 0 Å². The molecule has 3 nitrogen and oxygen atoms in total. The third-order valence-corrected chi connectivity index (χ3v) is 2.35. The van der Waals surface area contributed by atoms with Crippen molar-refractivity contribution in [2.75, 3.05) is 26.2 Å². The smallest absolute Gasteiger partial charge is 0.0208 e. The molecule has 0 aromatic rings. The molecular formula is C7H15N3. The molecule has 0 amide bonds. The van der Waals surface area contributed by atoms with E-state index in [1.807, 2.05) is 0 Å². The number of hydrogen-bond acceptors (Lipinski definition) is 3. The van der Waals surface area contributed by atoms with Crippen molar-refractivity contribution in [2.45, 2.75) is 18.5 Å². The highest BCUT2D eigenvalue weighted by Crippen LogP contribution is 2.06. The summed E-state index contributed by atoms with van der Waals surface area (Å²) in [5.74, 6) is 0. The van der Waals surface area contributed by atoms with Crippen LogP contribution in [-0.2, 0) is 0 Å². The standard InChI is InChI=1S/C7H15N3/c1-2-9-7-3-6(4-8-1)10-5-7/h6-10H,1-5H2. The third-order valence-electron chi connectivity index (χ3n) is 2.35. The normalized spacial score (nSPS) is 40.8. The molecule has 10 heavy (non-hydrogen) atoms. The van der Waals surface area contributed by atoms with E-state index in [1.54, 1.807) is 0 Å². The second-order valence-electron chi connectivity index (χ2n) is 3.20. The highest BCUT2D eigenvalue weighted by Gasteiger charge is 2.24. The van der Waals surface area contributed by atoms with Gasteiger partial charge >= 0.3 is 0 Å². The summed E-state index contributed by atoms with van der Waals surface area (Å²) in [4.78, 5) is 0. The maximum atomic E-state index is 3.49. The lowest BCUT2D eigenvalue weighted by molar-refractivity contribution is 0.465. The van der Waals surface area contributed by atoms with Gasteiger partial charge in [0.15, 0.2) is 0 Å². The number of fused-ring (bicyclic) bond motifs is 2. The van der Waals surface area contributed by atoms with E-state index < -0.39 is 0 Å². The molecule has 0 aromatic carbocycles. The zero-order valence-corrected chi connectivity index (χ0v) is 6.19. The van der Waals surface area contributed by atoms with Crippen molar-refractivity contribution >= 4 is 0 Å². The summed E-state index contributed by atoms with van der Waals surface area (Å²) in [6.07, 6.45) is 1.30. The van der Waals surface area contributed by atoms with Crippen LogP contribution in [0, 0.1) is 0 Å². The fourth-order valence-electron chi connectivity index (χ4n) is 1.77. The second-order valence-corrected chi connectivity index (χ2v) is 3.20. The molecule has 58 valence electrons. The van der Waals surface area contributed by atoms with Crippen LogP contribution in [0.25, 0.3) is 0 Å². The highest BCUT2D eigenvalue weighted by molar-refractivity contribution is 4.88. The maximum Gasteiger partial charge on any atom is 0.0208 e. The van der Waals surface area contributed by atoms with Crippen molar-refractivity contribution in [1.29, 1.82) is 0 Å². The molecule has 2 rings (SSSR count). The molecular weight excluding hydrogens is 126 g/mol. The molecule has 3 heteroatoms. The van der Waals surface area contributed by atoms with Gasteiger partial charge in [-0.3, -0.25) is 0 Å². The molecule has 2 bridgehead atoms. The Hall–Kier alpha value is -0.120. The Labute approximate surface area is 61.6 Å². The average molecular weight is 141 g/mol. The van der Waals surface area contributed by atoms with Gasteiger partial charge in [-0.15, -0.1) is 0 Å². The lowest BCUT2D eigenvalue weighted by Gasteiger charge is -2.17. The molecule has 2 aliphatic heterocycles. The minimum Gasteiger partial charge on any atom is -0.314 e. The van der Waals surface area contributed by atoms with Crippen LogP contribution >= 0.6 is 0 Å². The van der Waals surface area contributed by atoms with Crippen LogP contribution in [0.3, 0.4) is 0 Å². The molecule has 0 aromatic heterocycles. The Morgan fingerprint density at radius 3 is 2.80 bits per heavy atom. The summed E-state index contributed by atoms with van der Waals surface area (Å²) in [6.45, 7) is 4.55. The van der Waals surface area contributed by atoms with Gasteiger partial charge in [0.1, 0.15) is 0 Å². The van der Waals surface area contributed by atoms with Crippen LogP contribution in [0.4, 0.5) is 0 Å². The van der Waals surface area contributed by atoms with Gasteiger partial charge in [0.25, 0.3) is 0 Å². The van der Waals surface area contributed by atoms with Crippen molar-refractivity contribution in [2.24, 2.45) is 0 Å². The molecule has 0 radical (unpaired) electrons. The first kappa shape index (κ1) is 6.58. The summed E-state index contributed by atoms with van der Waals surface area (Å²) in [5, 5.41) is 10.4. The van der Waals surface area contributed by atoms with Gasteiger partial charge in [0.05, 0.1) is 0 Å². The first-order valence-corrected chi connectivity index (χ1v) is 4.12. The molecule has 3 N–H and O–H groups in total. The van der Waals surface area contributed by atoms with Crippen LogP contribution in [0.2, 0.25) is 0 Å². The predicted octanol–water partition coefficient (Wildman–Crippen LogP) is -1.09. The zero-order valence-electron chi connectivity index (χ0n) is 6.19. The van der Waals surface area contributed by atoms with Gasteiger partial charge in [0.2, 0.25) is 0 Å². The van der Waals surface area contributed by atoms with Crippen LogP contribution in [0.1, 0.15) is 6.42 Å². The molecule has 2 saturated heterocycles. The first-order chi connectivity index (χ1) is 4.95. The maximum absolute atomic E-state index is 3.49. The monoisotopic (exact) mass is 141 g/mol. The minimum absolute atomic E-state index is 0.720. The van der Waals surface area contributed by atoms with Crippen LogP contribution in [0.5, 0.6) is 0 Å². The lowest BCUT2D eigenvalue weighted by atomic mass is 10.1. The van der Waals surface area contributed by atoms with Crippen molar-refractivity contribution in [1.82, 2.24) is 16.0 Å². The van der Waals surface area contributed by atoms with E-state index in [9.17, 15) is 0 Å². The topological polar surface area (TPSA) is 36.1 Å². The molecule has 2 heterocycles. The summed E-state index contributed by atoms with van der Waals surface area (Å²) in [5.41, 5.74) is 0. The molecule has 0 aliphatic carbocycles. The van der Waals surface area contributed by atoms with Gasteiger partial charge in [-0.05, 0) is 6.42 Å². The van der Waals surface area contributed by atoms with Crippen LogP contribution in [0.15, 0.2) is 0 Å². The zero-order chi connectivity index (χ0) is 6.81. The Morgan fingerprint density at radius 1 is 0.900 bits per heavy atom. The Morgan fingerprint density at radius 2 is 1.80 bits per heavy atom. The van der Waals surface area contributed by atoms with Crippen molar-refractivity contribution in [3.63, 3.8) is 0 Å². The number of rotatable bonds is 0. The summed E-state index contributed by atoms with van der Waals surface area (Å²) >= 11 is 0. The molecule has 0 saturated carbocycles. The van der Waals surface area contributed by atoms with Crippen LogP contribution < -0.4 is 16.0 Å². The van der Waals surface area contributed by atoms with Crippen molar-refractivity contribution < 1.29 is 0 Å². The molecule has 2 aliphatic rings. The average Bonchev–Trinajstić information content (AvgIpc) is 2.30. The Kier molecular flexibility index (Phi) is 1.88. The summed E-state index contributed by atoms with van der Waals surface area (Å²) in [7, 11) is 0. The predicted molar refractivity (Wildman–Crippen MR) is 41.1 cm³/mol. The lowest BCUT2D eigenvalue weighted by Crippen LogP contribution is -2.40. The fraction of sp³-hybridized carbons (Fsp3) is 1.00. The van der Waals surface area contributed by atoms with Crippen LogP contribution in [-0.4, -0.2) is 38.3 Å². The van der Waals surface area contributed by atoms with E-state index in [-0.39, 0.29) is 0 Å². The van der Waals surface area contributed by atoms with E-state index in [2.05, 4.69) is 16.0 Å². The SMILES string of the molecule is C1CNC2CNC(CN1)C2. The largest absolute Gasteiger partial charge is 0.314 e. The number of nitrogens with one attached hydrogen (secondary N) is 3. The molecule has 2 atom stereocenters. The van der Waals surface area contributed by atoms with Crippen molar-refractivity contribution in [3.8, 4) is 0 Å². The first-order valence-electron chi connectivity index (χ1n) is 4.12. The van der Waals surface area contributed by atoms with E-state index >= 15 is 0 Å². The minimum atomic E-state index is 0.720.